The normalized spacial score (nSPS) is 32.1. The van der Waals surface area contributed by atoms with Crippen molar-refractivity contribution < 1.29 is 24.2 Å². The van der Waals surface area contributed by atoms with Gasteiger partial charge in [0.05, 0.1) is 11.5 Å². The van der Waals surface area contributed by atoms with Crippen LogP contribution < -0.4 is 4.74 Å². The molecule has 7 rings (SSSR count). The van der Waals surface area contributed by atoms with Crippen LogP contribution >= 0.6 is 11.6 Å². The highest BCUT2D eigenvalue weighted by atomic mass is 35.5. The molecule has 5 aliphatic rings. The molecule has 6 nitrogen and oxygen atoms in total. The molecule has 2 saturated carbocycles. The van der Waals surface area contributed by atoms with Crippen LogP contribution in [0, 0.1) is 5.92 Å². The molecule has 188 valence electrons. The van der Waals surface area contributed by atoms with Crippen LogP contribution in [-0.2, 0) is 32.6 Å². The lowest BCUT2D eigenvalue weighted by atomic mass is 9.48. The minimum atomic E-state index is -0.859. The van der Waals surface area contributed by atoms with Crippen molar-refractivity contribution in [2.45, 2.75) is 74.5 Å². The van der Waals surface area contributed by atoms with Crippen LogP contribution in [0.3, 0.4) is 0 Å². The number of ether oxygens (including phenoxy) is 2. The maximum atomic E-state index is 13.5. The largest absolute Gasteiger partial charge is 0.504 e. The monoisotopic (exact) mass is 507 g/mol. The van der Waals surface area contributed by atoms with E-state index in [1.54, 1.807) is 6.07 Å². The highest BCUT2D eigenvalue weighted by Gasteiger charge is 2.75. The zero-order chi connectivity index (χ0) is 24.7. The fourth-order valence-electron chi connectivity index (χ4n) is 7.63. The van der Waals surface area contributed by atoms with E-state index in [1.165, 1.54) is 12.8 Å². The molecular weight excluding hydrogens is 478 g/mol. The van der Waals surface area contributed by atoms with Gasteiger partial charge in [0.15, 0.2) is 23.4 Å². The number of carbonyl (C=O) groups is 2. The van der Waals surface area contributed by atoms with Gasteiger partial charge in [-0.2, -0.15) is 0 Å². The molecule has 2 bridgehead atoms. The smallest absolute Gasteiger partial charge is 0.306 e. The van der Waals surface area contributed by atoms with E-state index >= 15 is 0 Å². The molecule has 2 aromatic carbocycles. The second-order valence-corrected chi connectivity index (χ2v) is 11.7. The molecule has 0 amide bonds. The van der Waals surface area contributed by atoms with Gasteiger partial charge in [-0.3, -0.25) is 14.5 Å². The Kier molecular flexibility index (Phi) is 5.00. The summed E-state index contributed by atoms with van der Waals surface area (Å²) < 4.78 is 12.9. The van der Waals surface area contributed by atoms with Gasteiger partial charge < -0.3 is 14.6 Å². The summed E-state index contributed by atoms with van der Waals surface area (Å²) in [7, 11) is 0. The molecule has 3 fully saturated rings. The number of Topliss-reactive ketones (excluding diaryl/α,β-unsaturated/α-hetero) is 1. The number of piperidine rings is 1. The minimum absolute atomic E-state index is 0.0155. The Morgan fingerprint density at radius 1 is 1.19 bits per heavy atom. The molecule has 7 heteroatoms. The molecule has 1 spiro atoms. The number of hydrogen-bond donors (Lipinski definition) is 1. The average molecular weight is 508 g/mol. The van der Waals surface area contributed by atoms with E-state index in [0.29, 0.717) is 42.4 Å². The van der Waals surface area contributed by atoms with Crippen LogP contribution in [0.1, 0.15) is 55.2 Å². The lowest BCUT2D eigenvalue weighted by molar-refractivity contribution is -0.216. The standard InChI is InChI=1S/C29H30ClNO5/c30-20-4-2-1-3-18(20)8-10-24(34)36-29-12-11-22(33)27-28(29)13-14-31(16-17-5-6-17)23(29)15-19-7-9-21(32)26(35-27)25(19)28/h1-4,7,9,17,23,27,32H,5-6,8,10-16H2/t23?,27-,28?,29+/m0/s1. The summed E-state index contributed by atoms with van der Waals surface area (Å²) in [6.07, 6.45) is 4.68. The lowest BCUT2D eigenvalue weighted by Crippen LogP contribution is -2.77. The first-order valence-corrected chi connectivity index (χ1v) is 13.5. The first kappa shape index (κ1) is 22.6. The number of aromatic hydroxyl groups is 1. The summed E-state index contributed by atoms with van der Waals surface area (Å²) in [6, 6.07) is 11.2. The van der Waals surface area contributed by atoms with E-state index in [0.717, 1.165) is 36.2 Å². The molecule has 36 heavy (non-hydrogen) atoms. The Morgan fingerprint density at radius 2 is 2.03 bits per heavy atom. The number of hydrogen-bond acceptors (Lipinski definition) is 6. The molecule has 2 aromatic rings. The number of nitrogens with zero attached hydrogens (tertiary/aromatic N) is 1. The van der Waals surface area contributed by atoms with Gasteiger partial charge in [0.25, 0.3) is 0 Å². The lowest BCUT2D eigenvalue weighted by Gasteiger charge is -2.63. The third-order valence-corrected chi connectivity index (χ3v) is 9.74. The minimum Gasteiger partial charge on any atom is -0.504 e. The first-order valence-electron chi connectivity index (χ1n) is 13.2. The van der Waals surface area contributed by atoms with Crippen molar-refractivity contribution in [2.75, 3.05) is 13.1 Å². The number of carbonyl (C=O) groups excluding carboxylic acids is 2. The number of likely N-dealkylation sites (tertiary alicyclic amines) is 1. The van der Waals surface area contributed by atoms with Crippen LogP contribution in [0.2, 0.25) is 5.02 Å². The molecular formula is C29H30ClNO5. The average Bonchev–Trinajstić information content (AvgIpc) is 3.60. The summed E-state index contributed by atoms with van der Waals surface area (Å²) in [5.41, 5.74) is 1.32. The van der Waals surface area contributed by atoms with Gasteiger partial charge in [-0.05, 0) is 74.2 Å². The fraction of sp³-hybridized carbons (Fsp3) is 0.517. The molecule has 1 N–H and O–H groups in total. The maximum absolute atomic E-state index is 13.5. The van der Waals surface area contributed by atoms with Gasteiger partial charge in [0.2, 0.25) is 0 Å². The molecule has 0 radical (unpaired) electrons. The second-order valence-electron chi connectivity index (χ2n) is 11.2. The Bertz CT molecular complexity index is 1270. The van der Waals surface area contributed by atoms with Crippen LogP contribution in [0.5, 0.6) is 11.5 Å². The summed E-state index contributed by atoms with van der Waals surface area (Å²) in [6.45, 7) is 1.83. The van der Waals surface area contributed by atoms with Gasteiger partial charge >= 0.3 is 5.97 Å². The molecule has 1 saturated heterocycles. The molecule has 2 aliphatic heterocycles. The fourth-order valence-corrected chi connectivity index (χ4v) is 7.87. The van der Waals surface area contributed by atoms with Crippen LogP contribution in [0.25, 0.3) is 0 Å². The van der Waals surface area contributed by atoms with Crippen LogP contribution in [0.4, 0.5) is 0 Å². The van der Waals surface area contributed by atoms with Crippen molar-refractivity contribution in [3.05, 3.63) is 58.1 Å². The number of ketones is 1. The van der Waals surface area contributed by atoms with Crippen molar-refractivity contribution in [2.24, 2.45) is 5.92 Å². The number of benzene rings is 2. The van der Waals surface area contributed by atoms with Gasteiger partial charge in [-0.1, -0.05) is 35.9 Å². The van der Waals surface area contributed by atoms with E-state index < -0.39 is 17.1 Å². The summed E-state index contributed by atoms with van der Waals surface area (Å²) >= 11 is 6.34. The number of aryl methyl sites for hydroxylation is 1. The SMILES string of the molecule is O=C(CCc1ccccc1Cl)O[C@@]12CCC(=O)[C@@H]3Oc4c(O)ccc5c4C31CCN(CC1CC1)C2C5. The van der Waals surface area contributed by atoms with Gasteiger partial charge in [-0.15, -0.1) is 0 Å². The van der Waals surface area contributed by atoms with Crippen LogP contribution in [0.15, 0.2) is 36.4 Å². The van der Waals surface area contributed by atoms with Gasteiger partial charge in [0.1, 0.15) is 5.60 Å². The third-order valence-electron chi connectivity index (χ3n) is 9.37. The quantitative estimate of drug-likeness (QED) is 0.585. The Balaban J connectivity index is 1.30. The predicted molar refractivity (Wildman–Crippen MR) is 133 cm³/mol. The third kappa shape index (κ3) is 3.07. The predicted octanol–water partition coefficient (Wildman–Crippen LogP) is 4.36. The second kappa shape index (κ2) is 7.96. The van der Waals surface area contributed by atoms with Crippen molar-refractivity contribution in [3.8, 4) is 11.5 Å². The molecule has 4 atom stereocenters. The number of phenols is 1. The highest BCUT2D eigenvalue weighted by Crippen LogP contribution is 2.66. The van der Waals surface area contributed by atoms with Crippen molar-refractivity contribution in [3.63, 3.8) is 0 Å². The summed E-state index contributed by atoms with van der Waals surface area (Å²) in [4.78, 5) is 29.4. The number of rotatable bonds is 6. The molecule has 2 heterocycles. The molecule has 2 unspecified atom stereocenters. The van der Waals surface area contributed by atoms with Crippen molar-refractivity contribution in [1.82, 2.24) is 4.90 Å². The Labute approximate surface area is 215 Å². The zero-order valence-electron chi connectivity index (χ0n) is 20.2. The number of phenolic OH excluding ortho intramolecular Hbond substituents is 1. The number of esters is 1. The maximum Gasteiger partial charge on any atom is 0.306 e. The number of halogens is 1. The molecule has 0 aromatic heterocycles. The highest BCUT2D eigenvalue weighted by molar-refractivity contribution is 6.31. The Morgan fingerprint density at radius 3 is 2.83 bits per heavy atom. The summed E-state index contributed by atoms with van der Waals surface area (Å²) in [5, 5.41) is 11.4. The molecule has 3 aliphatic carbocycles. The van der Waals surface area contributed by atoms with Crippen molar-refractivity contribution in [1.29, 1.82) is 0 Å². The van der Waals surface area contributed by atoms with Gasteiger partial charge in [0, 0.05) is 30.0 Å². The summed E-state index contributed by atoms with van der Waals surface area (Å²) in [5.74, 6) is 0.944. The zero-order valence-corrected chi connectivity index (χ0v) is 20.9. The van der Waals surface area contributed by atoms with Crippen LogP contribution in [-0.4, -0.2) is 52.6 Å². The Hall–Kier alpha value is -2.57. The van der Waals surface area contributed by atoms with Crippen molar-refractivity contribution >= 4 is 23.4 Å². The first-order chi connectivity index (χ1) is 17.4. The van der Waals surface area contributed by atoms with E-state index in [2.05, 4.69) is 4.90 Å². The van der Waals surface area contributed by atoms with E-state index in [9.17, 15) is 14.7 Å². The van der Waals surface area contributed by atoms with E-state index in [1.807, 2.05) is 30.3 Å². The van der Waals surface area contributed by atoms with E-state index in [-0.39, 0.29) is 30.0 Å². The van der Waals surface area contributed by atoms with E-state index in [4.69, 9.17) is 21.1 Å². The topological polar surface area (TPSA) is 76.1 Å². The van der Waals surface area contributed by atoms with Gasteiger partial charge in [-0.25, -0.2) is 0 Å².